The molecule has 0 aliphatic heterocycles. The Morgan fingerprint density at radius 2 is 1.59 bits per heavy atom. The zero-order chi connectivity index (χ0) is 20.6. The molecule has 2 aromatic carbocycles. The van der Waals surface area contributed by atoms with Crippen LogP contribution in [0.4, 0.5) is 4.79 Å². The molecule has 0 radical (unpaired) electrons. The Hall–Kier alpha value is -0.950. The van der Waals surface area contributed by atoms with E-state index < -0.39 is 28.4 Å². The van der Waals surface area contributed by atoms with E-state index in [2.05, 4.69) is 26.0 Å². The van der Waals surface area contributed by atoms with Gasteiger partial charge in [0.15, 0.2) is 0 Å². The van der Waals surface area contributed by atoms with E-state index in [1.165, 1.54) is 23.8 Å². The van der Waals surface area contributed by atoms with Crippen LogP contribution >= 0.6 is 7.26 Å². The average Bonchev–Trinajstić information content (AvgIpc) is 2.67. The SMILES string of the molecule is CC[PH](CC)(CCOC(=O)Oc1ccccc1S(=O)(=O)O)Cc1ccccc1.[NaH]. The second-order valence-electron chi connectivity index (χ2n) is 6.74. The number of carbonyl (C=O) groups is 1. The molecule has 0 heterocycles. The number of ether oxygens (including phenoxy) is 2. The van der Waals surface area contributed by atoms with Crippen molar-refractivity contribution in [2.45, 2.75) is 24.9 Å². The Labute approximate surface area is 195 Å². The summed E-state index contributed by atoms with van der Waals surface area (Å²) in [7, 11) is -6.14. The van der Waals surface area contributed by atoms with E-state index in [0.717, 1.165) is 30.7 Å². The molecule has 0 bridgehead atoms. The predicted molar refractivity (Wildman–Crippen MR) is 120 cm³/mol. The van der Waals surface area contributed by atoms with Crippen LogP contribution in [0.25, 0.3) is 0 Å². The van der Waals surface area contributed by atoms with Crippen LogP contribution in [0.1, 0.15) is 19.4 Å². The Balaban J connectivity index is 0.00000420. The van der Waals surface area contributed by atoms with Gasteiger partial charge in [-0.2, -0.15) is 0 Å². The Kier molecular flexibility index (Phi) is 10.8. The summed E-state index contributed by atoms with van der Waals surface area (Å²) in [6, 6.07) is 15.7. The van der Waals surface area contributed by atoms with Gasteiger partial charge in [-0.1, -0.05) is 0 Å². The van der Waals surface area contributed by atoms with Gasteiger partial charge in [-0.15, -0.1) is 0 Å². The van der Waals surface area contributed by atoms with Crippen LogP contribution in [0.3, 0.4) is 0 Å². The molecular weight excluding hydrogens is 422 g/mol. The number of benzene rings is 2. The monoisotopic (exact) mass is 450 g/mol. The van der Waals surface area contributed by atoms with E-state index >= 15 is 0 Å². The van der Waals surface area contributed by atoms with Crippen molar-refractivity contribution in [3.05, 3.63) is 60.2 Å². The molecular formula is C20H28NaO6PS. The molecule has 0 spiro atoms. The molecule has 0 saturated carbocycles. The number of hydrogen-bond donors (Lipinski definition) is 1. The van der Waals surface area contributed by atoms with Gasteiger partial charge < -0.3 is 0 Å². The first-order valence-corrected chi connectivity index (χ1v) is 13.5. The summed E-state index contributed by atoms with van der Waals surface area (Å²) >= 11 is 0. The molecule has 29 heavy (non-hydrogen) atoms. The first kappa shape index (κ1) is 26.1. The van der Waals surface area contributed by atoms with Gasteiger partial charge in [-0.05, 0) is 0 Å². The zero-order valence-corrected chi connectivity index (χ0v) is 17.9. The molecule has 0 saturated heterocycles. The van der Waals surface area contributed by atoms with Gasteiger partial charge in [0, 0.05) is 0 Å². The van der Waals surface area contributed by atoms with Crippen LogP contribution in [0.5, 0.6) is 5.75 Å². The van der Waals surface area contributed by atoms with Crippen molar-refractivity contribution >= 4 is 53.1 Å². The molecule has 6 nitrogen and oxygen atoms in total. The molecule has 9 heteroatoms. The summed E-state index contributed by atoms with van der Waals surface area (Å²) in [5.41, 5.74) is 1.29. The second kappa shape index (κ2) is 12.0. The first-order valence-electron chi connectivity index (χ1n) is 9.25. The third kappa shape index (κ3) is 8.00. The fourth-order valence-corrected chi connectivity index (χ4v) is 7.32. The van der Waals surface area contributed by atoms with Crippen molar-refractivity contribution in [2.75, 3.05) is 25.1 Å². The van der Waals surface area contributed by atoms with Crippen LogP contribution in [0, 0.1) is 0 Å². The third-order valence-corrected chi connectivity index (χ3v) is 11.4. The van der Waals surface area contributed by atoms with E-state index in [-0.39, 0.29) is 41.9 Å². The van der Waals surface area contributed by atoms with E-state index in [1.807, 2.05) is 18.2 Å². The van der Waals surface area contributed by atoms with Gasteiger partial charge in [0.2, 0.25) is 0 Å². The van der Waals surface area contributed by atoms with Crippen LogP contribution < -0.4 is 4.74 Å². The number of rotatable bonds is 9. The van der Waals surface area contributed by atoms with Crippen molar-refractivity contribution in [3.8, 4) is 5.75 Å². The van der Waals surface area contributed by atoms with Gasteiger partial charge in [-0.25, -0.2) is 0 Å². The molecule has 0 amide bonds. The minimum atomic E-state index is -4.49. The van der Waals surface area contributed by atoms with Crippen molar-refractivity contribution in [1.82, 2.24) is 0 Å². The molecule has 0 aliphatic carbocycles. The number of hydrogen-bond acceptors (Lipinski definition) is 5. The fraction of sp³-hybridized carbons (Fsp3) is 0.350. The Morgan fingerprint density at radius 3 is 2.17 bits per heavy atom. The van der Waals surface area contributed by atoms with Crippen LogP contribution in [0.2, 0.25) is 0 Å². The maximum atomic E-state index is 12.0. The molecule has 2 rings (SSSR count). The van der Waals surface area contributed by atoms with Crippen LogP contribution in [-0.4, -0.2) is 73.8 Å². The molecule has 0 atom stereocenters. The quantitative estimate of drug-likeness (QED) is 0.206. The first-order chi connectivity index (χ1) is 13.3. The summed E-state index contributed by atoms with van der Waals surface area (Å²) < 4.78 is 42.1. The zero-order valence-electron chi connectivity index (χ0n) is 16.1. The van der Waals surface area contributed by atoms with E-state index in [0.29, 0.717) is 0 Å². The van der Waals surface area contributed by atoms with E-state index in [1.54, 1.807) is 0 Å². The van der Waals surface area contributed by atoms with Crippen LogP contribution in [-0.2, 0) is 21.0 Å². The van der Waals surface area contributed by atoms with Crippen molar-refractivity contribution in [3.63, 3.8) is 0 Å². The van der Waals surface area contributed by atoms with Crippen LogP contribution in [0.15, 0.2) is 59.5 Å². The molecule has 1 N–H and O–H groups in total. The maximum absolute atomic E-state index is 12.0. The molecule has 0 unspecified atom stereocenters. The van der Waals surface area contributed by atoms with E-state index in [9.17, 15) is 17.8 Å². The normalized spacial score (nSPS) is 12.0. The van der Waals surface area contributed by atoms with Gasteiger partial charge >= 0.3 is 196 Å². The molecule has 2 aromatic rings. The Morgan fingerprint density at radius 1 is 1.00 bits per heavy atom. The molecule has 0 aromatic heterocycles. The summed E-state index contributed by atoms with van der Waals surface area (Å²) in [5, 5.41) is 0. The molecule has 0 aliphatic rings. The van der Waals surface area contributed by atoms with Gasteiger partial charge in [0.05, 0.1) is 0 Å². The summed E-state index contributed by atoms with van der Waals surface area (Å²) in [6.07, 6.45) is 2.98. The predicted octanol–water partition coefficient (Wildman–Crippen LogP) is 3.79. The average molecular weight is 450 g/mol. The number of para-hydroxylation sites is 1. The summed E-state index contributed by atoms with van der Waals surface area (Å²) in [5.74, 6) is -0.256. The topological polar surface area (TPSA) is 89.9 Å². The van der Waals surface area contributed by atoms with Crippen molar-refractivity contribution < 1.29 is 27.2 Å². The number of carbonyl (C=O) groups excluding carboxylic acids is 1. The third-order valence-electron chi connectivity index (χ3n) is 5.09. The van der Waals surface area contributed by atoms with Crippen molar-refractivity contribution in [2.24, 2.45) is 0 Å². The summed E-state index contributed by atoms with van der Waals surface area (Å²) in [4.78, 5) is 11.5. The Bertz CT molecular complexity index is 885. The second-order valence-corrected chi connectivity index (χ2v) is 13.4. The fourth-order valence-electron chi connectivity index (χ4n) is 3.19. The molecule has 0 fully saturated rings. The minimum absolute atomic E-state index is 0. The van der Waals surface area contributed by atoms with Crippen molar-refractivity contribution in [1.29, 1.82) is 0 Å². The van der Waals surface area contributed by atoms with Gasteiger partial charge in [-0.3, -0.25) is 0 Å². The standard InChI is InChI=1S/C20H27O6PS.Na.H/c1-3-27(4-2,16-17-10-6-5-7-11-17)15-14-25-20(21)26-18-12-8-9-13-19(18)28(22,23)24;;/h5-13,27H,3-4,14-16H2,1-2H3,(H,22,23,24);;. The van der Waals surface area contributed by atoms with E-state index in [4.69, 9.17) is 9.47 Å². The molecule has 156 valence electrons. The van der Waals surface area contributed by atoms with Gasteiger partial charge in [0.25, 0.3) is 0 Å². The summed E-state index contributed by atoms with van der Waals surface area (Å²) in [6.45, 7) is 4.58. The van der Waals surface area contributed by atoms with Gasteiger partial charge in [0.1, 0.15) is 0 Å².